The van der Waals surface area contributed by atoms with E-state index in [0.29, 0.717) is 32.4 Å². The van der Waals surface area contributed by atoms with E-state index in [-0.39, 0.29) is 17.7 Å². The molecular weight excluding hydrogens is 492 g/mol. The van der Waals surface area contributed by atoms with E-state index in [2.05, 4.69) is 10.6 Å². The minimum absolute atomic E-state index is 0.0798. The minimum atomic E-state index is -0.606. The highest BCUT2D eigenvalue weighted by atomic mass is 16.5. The van der Waals surface area contributed by atoms with Crippen LogP contribution in [-0.2, 0) is 20.9 Å². The zero-order valence-corrected chi connectivity index (χ0v) is 23.7. The maximum atomic E-state index is 13.6. The maximum absolute atomic E-state index is 13.6. The molecule has 8 heteroatoms. The summed E-state index contributed by atoms with van der Waals surface area (Å²) in [5.41, 5.74) is 8.57. The number of benzene rings is 2. The van der Waals surface area contributed by atoms with Gasteiger partial charge in [-0.2, -0.15) is 0 Å². The maximum Gasteiger partial charge on any atom is 0.245 e. The Morgan fingerprint density at radius 3 is 2.46 bits per heavy atom. The van der Waals surface area contributed by atoms with Crippen molar-refractivity contribution in [3.05, 3.63) is 54.1 Å². The first-order chi connectivity index (χ1) is 18.7. The van der Waals surface area contributed by atoms with Crippen molar-refractivity contribution in [2.75, 3.05) is 19.0 Å². The number of likely N-dealkylation sites (tertiary alicyclic amines) is 1. The number of rotatable bonds is 13. The Bertz CT molecular complexity index is 1100. The molecule has 1 saturated heterocycles. The fourth-order valence-corrected chi connectivity index (χ4v) is 5.30. The van der Waals surface area contributed by atoms with Gasteiger partial charge in [0.2, 0.25) is 17.7 Å². The zero-order valence-electron chi connectivity index (χ0n) is 23.7. The van der Waals surface area contributed by atoms with E-state index in [9.17, 15) is 14.4 Å². The summed E-state index contributed by atoms with van der Waals surface area (Å²) in [7, 11) is 1.64. The van der Waals surface area contributed by atoms with Crippen LogP contribution in [0.15, 0.2) is 48.5 Å². The quantitative estimate of drug-likeness (QED) is 0.333. The van der Waals surface area contributed by atoms with E-state index in [1.807, 2.05) is 74.2 Å². The number of nitrogens with two attached hydrogens (primary N) is 1. The lowest BCUT2D eigenvalue weighted by atomic mass is 9.81. The predicted molar refractivity (Wildman–Crippen MR) is 154 cm³/mol. The molecule has 3 atom stereocenters. The van der Waals surface area contributed by atoms with Crippen molar-refractivity contribution < 1.29 is 19.1 Å². The van der Waals surface area contributed by atoms with Crippen LogP contribution >= 0.6 is 0 Å². The molecule has 0 aliphatic carbocycles. The summed E-state index contributed by atoms with van der Waals surface area (Å²) in [5.74, 6) is -0.825. The SMILES string of the molecule is CCC[C@H](C(N)=O)[C@@H](CC(C)C)C(=O)N[C@H]1CCCCN(Cc2cccc(Nc3ccc(OC)cc3)c2)C1=O. The van der Waals surface area contributed by atoms with Gasteiger partial charge >= 0.3 is 0 Å². The van der Waals surface area contributed by atoms with Crippen molar-refractivity contribution in [2.24, 2.45) is 23.5 Å². The molecule has 39 heavy (non-hydrogen) atoms. The first-order valence-electron chi connectivity index (χ1n) is 14.1. The summed E-state index contributed by atoms with van der Waals surface area (Å²) >= 11 is 0. The van der Waals surface area contributed by atoms with Gasteiger partial charge in [-0.05, 0) is 80.0 Å². The van der Waals surface area contributed by atoms with Crippen molar-refractivity contribution >= 4 is 29.1 Å². The number of amides is 3. The molecule has 2 aromatic rings. The molecule has 3 amide bonds. The molecule has 8 nitrogen and oxygen atoms in total. The molecule has 0 saturated carbocycles. The molecule has 1 aliphatic heterocycles. The molecule has 0 aromatic heterocycles. The fourth-order valence-electron chi connectivity index (χ4n) is 5.30. The van der Waals surface area contributed by atoms with E-state index in [1.165, 1.54) is 0 Å². The molecule has 4 N–H and O–H groups in total. The van der Waals surface area contributed by atoms with Crippen LogP contribution in [-0.4, -0.2) is 42.3 Å². The molecule has 1 aliphatic rings. The normalized spacial score (nSPS) is 17.3. The lowest BCUT2D eigenvalue weighted by Crippen LogP contribution is -2.50. The number of ether oxygens (including phenoxy) is 1. The fraction of sp³-hybridized carbons (Fsp3) is 0.516. The third-order valence-electron chi connectivity index (χ3n) is 7.29. The third-order valence-corrected chi connectivity index (χ3v) is 7.29. The van der Waals surface area contributed by atoms with Gasteiger partial charge in [-0.25, -0.2) is 0 Å². The Kier molecular flexibility index (Phi) is 11.2. The Morgan fingerprint density at radius 2 is 1.82 bits per heavy atom. The van der Waals surface area contributed by atoms with Gasteiger partial charge in [-0.15, -0.1) is 0 Å². The first-order valence-corrected chi connectivity index (χ1v) is 14.1. The summed E-state index contributed by atoms with van der Waals surface area (Å²) in [6.07, 6.45) is 4.18. The average Bonchev–Trinajstić information content (AvgIpc) is 3.07. The van der Waals surface area contributed by atoms with Gasteiger partial charge < -0.3 is 26.0 Å². The van der Waals surface area contributed by atoms with Gasteiger partial charge in [0, 0.05) is 36.3 Å². The number of carbonyl (C=O) groups is 3. The molecule has 1 fully saturated rings. The van der Waals surface area contributed by atoms with Gasteiger partial charge in [-0.1, -0.05) is 39.3 Å². The Morgan fingerprint density at radius 1 is 1.08 bits per heavy atom. The van der Waals surface area contributed by atoms with Crippen LogP contribution in [0.25, 0.3) is 0 Å². The van der Waals surface area contributed by atoms with Gasteiger partial charge in [0.25, 0.3) is 0 Å². The van der Waals surface area contributed by atoms with Crippen molar-refractivity contribution in [1.29, 1.82) is 0 Å². The molecule has 0 spiro atoms. The smallest absolute Gasteiger partial charge is 0.245 e. The summed E-state index contributed by atoms with van der Waals surface area (Å²) in [6.45, 7) is 7.13. The van der Waals surface area contributed by atoms with E-state index in [0.717, 1.165) is 42.0 Å². The van der Waals surface area contributed by atoms with Gasteiger partial charge in [-0.3, -0.25) is 14.4 Å². The number of hydrogen-bond acceptors (Lipinski definition) is 5. The molecule has 2 aromatic carbocycles. The first kappa shape index (κ1) is 30.0. The van der Waals surface area contributed by atoms with Crippen molar-refractivity contribution in [1.82, 2.24) is 10.2 Å². The number of carbonyl (C=O) groups excluding carboxylic acids is 3. The van der Waals surface area contributed by atoms with E-state index in [4.69, 9.17) is 10.5 Å². The summed E-state index contributed by atoms with van der Waals surface area (Å²) in [6, 6.07) is 15.1. The predicted octanol–water partition coefficient (Wildman–Crippen LogP) is 5.00. The molecule has 0 bridgehead atoms. The molecule has 3 rings (SSSR count). The molecule has 0 radical (unpaired) electrons. The average molecular weight is 537 g/mol. The number of methoxy groups -OCH3 is 1. The van der Waals surface area contributed by atoms with Crippen LogP contribution in [0.3, 0.4) is 0 Å². The standard InChI is InChI=1S/C31H44N4O4/c1-5-9-26(29(32)36)27(18-21(2)3)30(37)34-28-12-6-7-17-35(31(28)38)20-22-10-8-11-24(19-22)33-23-13-15-25(39-4)16-14-23/h8,10-11,13-16,19,21,26-28,33H,5-7,9,12,17-18,20H2,1-4H3,(H2,32,36)(H,34,37)/t26-,27+,28-/m0/s1. The molecular formula is C31H44N4O4. The van der Waals surface area contributed by atoms with Crippen LogP contribution in [0.4, 0.5) is 11.4 Å². The van der Waals surface area contributed by atoms with Crippen LogP contribution < -0.4 is 21.1 Å². The summed E-state index contributed by atoms with van der Waals surface area (Å²) in [5, 5.41) is 6.41. The second-order valence-corrected chi connectivity index (χ2v) is 10.9. The van der Waals surface area contributed by atoms with Gasteiger partial charge in [0.1, 0.15) is 11.8 Å². The zero-order chi connectivity index (χ0) is 28.4. The lowest BCUT2D eigenvalue weighted by molar-refractivity contribution is -0.139. The molecule has 1 heterocycles. The highest BCUT2D eigenvalue weighted by Crippen LogP contribution is 2.26. The van der Waals surface area contributed by atoms with Gasteiger partial charge in [0.15, 0.2) is 0 Å². The minimum Gasteiger partial charge on any atom is -0.497 e. The highest BCUT2D eigenvalue weighted by Gasteiger charge is 2.35. The molecule has 0 unspecified atom stereocenters. The van der Waals surface area contributed by atoms with Crippen molar-refractivity contribution in [3.8, 4) is 5.75 Å². The number of nitrogens with one attached hydrogen (secondary N) is 2. The third kappa shape index (κ3) is 8.73. The number of hydrogen-bond donors (Lipinski definition) is 3. The summed E-state index contributed by atoms with van der Waals surface area (Å²) < 4.78 is 5.23. The topological polar surface area (TPSA) is 114 Å². The van der Waals surface area contributed by atoms with Crippen LogP contribution in [0.5, 0.6) is 5.75 Å². The van der Waals surface area contributed by atoms with E-state index in [1.54, 1.807) is 7.11 Å². The lowest BCUT2D eigenvalue weighted by Gasteiger charge is -2.29. The van der Waals surface area contributed by atoms with Crippen LogP contribution in [0.1, 0.15) is 64.9 Å². The van der Waals surface area contributed by atoms with Crippen molar-refractivity contribution in [3.63, 3.8) is 0 Å². The Balaban J connectivity index is 1.70. The Labute approximate surface area is 232 Å². The molecule has 212 valence electrons. The Hall–Kier alpha value is -3.55. The summed E-state index contributed by atoms with van der Waals surface area (Å²) in [4.78, 5) is 41.1. The highest BCUT2D eigenvalue weighted by molar-refractivity contribution is 5.91. The second-order valence-electron chi connectivity index (χ2n) is 10.9. The number of nitrogens with zero attached hydrogens (tertiary/aromatic N) is 1. The van der Waals surface area contributed by atoms with Crippen LogP contribution in [0.2, 0.25) is 0 Å². The largest absolute Gasteiger partial charge is 0.497 e. The number of primary amides is 1. The monoisotopic (exact) mass is 536 g/mol. The second kappa shape index (κ2) is 14.6. The van der Waals surface area contributed by atoms with Crippen molar-refractivity contribution in [2.45, 2.75) is 71.9 Å². The van der Waals surface area contributed by atoms with Gasteiger partial charge in [0.05, 0.1) is 7.11 Å². The van der Waals surface area contributed by atoms with E-state index >= 15 is 0 Å². The number of anilines is 2. The van der Waals surface area contributed by atoms with Crippen LogP contribution in [0, 0.1) is 17.8 Å². The van der Waals surface area contributed by atoms with E-state index < -0.39 is 23.8 Å².